The molecule has 0 amide bonds. The van der Waals surface area contributed by atoms with Crippen LogP contribution >= 0.6 is 34.5 Å². The van der Waals surface area contributed by atoms with Crippen LogP contribution in [0.3, 0.4) is 0 Å². The monoisotopic (exact) mass is 372 g/mol. The van der Waals surface area contributed by atoms with Crippen LogP contribution in [0.2, 0.25) is 10.0 Å². The predicted molar refractivity (Wildman–Crippen MR) is 89.2 cm³/mol. The molecule has 8 nitrogen and oxygen atoms in total. The summed E-state index contributed by atoms with van der Waals surface area (Å²) in [7, 11) is 0. The van der Waals surface area contributed by atoms with Crippen LogP contribution in [0.5, 0.6) is 0 Å². The molecule has 0 radical (unpaired) electrons. The van der Waals surface area contributed by atoms with Gasteiger partial charge in [0.05, 0.1) is 10.0 Å². The number of aromatic carboxylic acids is 1. The fourth-order valence-electron chi connectivity index (χ4n) is 1.68. The van der Waals surface area contributed by atoms with E-state index in [0.29, 0.717) is 20.9 Å². The van der Waals surface area contributed by atoms with Crippen molar-refractivity contribution in [3.8, 4) is 10.6 Å². The Labute approximate surface area is 144 Å². The Hall–Kier alpha value is -2.20. The molecule has 6 N–H and O–H groups in total. The smallest absolute Gasteiger partial charge is 0.360 e. The Bertz CT molecular complexity index is 850. The first-order valence-corrected chi connectivity index (χ1v) is 7.50. The van der Waals surface area contributed by atoms with E-state index >= 15 is 0 Å². The lowest BCUT2D eigenvalue weighted by Crippen LogP contribution is -2.02. The number of hydrogen-bond donors (Lipinski definition) is 4. The maximum atomic E-state index is 11.0. The second-order valence-corrected chi connectivity index (χ2v) is 5.79. The van der Waals surface area contributed by atoms with Gasteiger partial charge in [-0.1, -0.05) is 29.3 Å². The van der Waals surface area contributed by atoms with Gasteiger partial charge in [0.1, 0.15) is 10.8 Å². The van der Waals surface area contributed by atoms with Crippen LogP contribution < -0.4 is 11.5 Å². The quantitative estimate of drug-likeness (QED) is 0.545. The van der Waals surface area contributed by atoms with Crippen LogP contribution in [0.15, 0.2) is 23.6 Å². The highest BCUT2D eigenvalue weighted by atomic mass is 35.5. The number of carboxylic acids is 1. The summed E-state index contributed by atoms with van der Waals surface area (Å²) in [5, 5.41) is 24.7. The first-order valence-electron chi connectivity index (χ1n) is 5.86. The lowest BCUT2D eigenvalue weighted by Gasteiger charge is -2.00. The molecule has 0 aliphatic heterocycles. The van der Waals surface area contributed by atoms with Crippen LogP contribution in [0.25, 0.3) is 10.6 Å². The Kier molecular flexibility index (Phi) is 5.16. The highest BCUT2D eigenvalue weighted by Crippen LogP contribution is 2.32. The molecular weight excluding hydrogens is 363 g/mol. The lowest BCUT2D eigenvalue weighted by molar-refractivity contribution is 0.0691. The fourth-order valence-corrected chi connectivity index (χ4v) is 2.73. The minimum absolute atomic E-state index is 0. The Morgan fingerprint density at radius 2 is 2.04 bits per heavy atom. The van der Waals surface area contributed by atoms with Crippen LogP contribution in [0.4, 0.5) is 11.6 Å². The summed E-state index contributed by atoms with van der Waals surface area (Å²) < 4.78 is 0. The molecule has 3 aromatic rings. The molecule has 120 valence electrons. The van der Waals surface area contributed by atoms with E-state index in [2.05, 4.69) is 25.7 Å². The number of halogens is 2. The van der Waals surface area contributed by atoms with Crippen molar-refractivity contribution >= 4 is 52.1 Å². The average molecular weight is 373 g/mol. The van der Waals surface area contributed by atoms with Gasteiger partial charge in [0.15, 0.2) is 5.82 Å². The largest absolute Gasteiger partial charge is 0.476 e. The summed E-state index contributed by atoms with van der Waals surface area (Å²) in [5.74, 6) is -0.628. The number of thiazole rings is 1. The van der Waals surface area contributed by atoms with Crippen molar-refractivity contribution in [3.05, 3.63) is 39.3 Å². The maximum Gasteiger partial charge on any atom is 0.360 e. The molecule has 1 aromatic carbocycles. The highest BCUT2D eigenvalue weighted by molar-refractivity contribution is 7.13. The molecule has 11 heteroatoms. The first kappa shape index (κ1) is 17.2. The van der Waals surface area contributed by atoms with E-state index in [0.717, 1.165) is 5.56 Å². The summed E-state index contributed by atoms with van der Waals surface area (Å²) >= 11 is 13.2. The van der Waals surface area contributed by atoms with Gasteiger partial charge in [0, 0.05) is 10.9 Å². The summed E-state index contributed by atoms with van der Waals surface area (Å²) in [4.78, 5) is 15.3. The Morgan fingerprint density at radius 3 is 2.74 bits per heavy atom. The van der Waals surface area contributed by atoms with Crippen LogP contribution in [0, 0.1) is 0 Å². The maximum absolute atomic E-state index is 11.0. The summed E-state index contributed by atoms with van der Waals surface area (Å²) in [6.07, 6.45) is 0. The van der Waals surface area contributed by atoms with E-state index < -0.39 is 5.97 Å². The second-order valence-electron chi connectivity index (χ2n) is 4.12. The zero-order chi connectivity index (χ0) is 15.7. The standard InChI is InChI=1S/C12H7Cl2N5O2S.H3N/c13-6-2-1-5(3-7(6)14)11-16-8(4-22-11)15-10-9(12(20)21)17-19-18-10;/h1-4H,(H,20,21)(H2,15,17,18,19);1H3. The summed E-state index contributed by atoms with van der Waals surface area (Å²) in [6.45, 7) is 0. The van der Waals surface area contributed by atoms with E-state index in [-0.39, 0.29) is 17.7 Å². The molecule has 2 heterocycles. The molecule has 0 aliphatic rings. The van der Waals surface area contributed by atoms with E-state index in [1.54, 1.807) is 23.6 Å². The number of benzene rings is 1. The third-order valence-electron chi connectivity index (χ3n) is 2.67. The highest BCUT2D eigenvalue weighted by Gasteiger charge is 2.16. The zero-order valence-corrected chi connectivity index (χ0v) is 13.7. The van der Waals surface area contributed by atoms with E-state index in [1.165, 1.54) is 11.3 Å². The lowest BCUT2D eigenvalue weighted by atomic mass is 10.2. The molecule has 0 atom stereocenters. The van der Waals surface area contributed by atoms with Crippen LogP contribution in [-0.2, 0) is 0 Å². The second kappa shape index (κ2) is 6.92. The van der Waals surface area contributed by atoms with Gasteiger partial charge in [0.2, 0.25) is 5.69 Å². The SMILES string of the molecule is N.O=C(O)c1n[nH]nc1Nc1csc(-c2ccc(Cl)c(Cl)c2)n1. The average Bonchev–Trinajstić information content (AvgIpc) is 3.11. The van der Waals surface area contributed by atoms with Crippen molar-refractivity contribution < 1.29 is 9.90 Å². The minimum Gasteiger partial charge on any atom is -0.476 e. The number of nitrogens with zero attached hydrogens (tertiary/aromatic N) is 3. The molecule has 0 unspecified atom stereocenters. The third kappa shape index (κ3) is 3.59. The molecule has 0 fully saturated rings. The molecule has 2 aromatic heterocycles. The summed E-state index contributed by atoms with van der Waals surface area (Å²) in [6, 6.07) is 5.20. The van der Waals surface area contributed by atoms with Crippen molar-refractivity contribution in [1.29, 1.82) is 0 Å². The number of nitrogens with one attached hydrogen (secondary N) is 2. The number of anilines is 2. The molecule has 0 saturated carbocycles. The van der Waals surface area contributed by atoms with Gasteiger partial charge >= 0.3 is 5.97 Å². The predicted octanol–water partition coefficient (Wildman–Crippen LogP) is 3.84. The molecule has 0 bridgehead atoms. The number of aromatic nitrogens is 4. The number of hydrogen-bond acceptors (Lipinski definition) is 7. The van der Waals surface area contributed by atoms with Crippen molar-refractivity contribution in [2.75, 3.05) is 5.32 Å². The zero-order valence-electron chi connectivity index (χ0n) is 11.4. The molecule has 0 spiro atoms. The number of carboxylic acid groups (broad SMARTS) is 1. The van der Waals surface area contributed by atoms with Crippen LogP contribution in [0.1, 0.15) is 10.5 Å². The minimum atomic E-state index is -1.18. The van der Waals surface area contributed by atoms with Crippen molar-refractivity contribution in [3.63, 3.8) is 0 Å². The van der Waals surface area contributed by atoms with E-state index in [9.17, 15) is 4.79 Å². The van der Waals surface area contributed by atoms with Gasteiger partial charge in [-0.05, 0) is 12.1 Å². The number of H-pyrrole nitrogens is 1. The van der Waals surface area contributed by atoms with Crippen molar-refractivity contribution in [2.24, 2.45) is 0 Å². The molecule has 3 rings (SSSR count). The van der Waals surface area contributed by atoms with Gasteiger partial charge in [-0.3, -0.25) is 0 Å². The Morgan fingerprint density at radius 1 is 1.26 bits per heavy atom. The van der Waals surface area contributed by atoms with Crippen LogP contribution in [-0.4, -0.2) is 31.5 Å². The van der Waals surface area contributed by atoms with Gasteiger partial charge in [-0.15, -0.1) is 21.5 Å². The number of rotatable bonds is 4. The van der Waals surface area contributed by atoms with E-state index in [1.807, 2.05) is 0 Å². The van der Waals surface area contributed by atoms with Gasteiger partial charge in [-0.2, -0.15) is 5.21 Å². The third-order valence-corrected chi connectivity index (χ3v) is 4.30. The topological polar surface area (TPSA) is 139 Å². The molecule has 0 aliphatic carbocycles. The summed E-state index contributed by atoms with van der Waals surface area (Å²) in [5.41, 5.74) is 0.607. The van der Waals surface area contributed by atoms with Gasteiger partial charge in [0.25, 0.3) is 0 Å². The number of carbonyl (C=O) groups is 1. The fraction of sp³-hybridized carbons (Fsp3) is 0. The normalized spacial score (nSPS) is 10.2. The van der Waals surface area contributed by atoms with Gasteiger partial charge in [-0.25, -0.2) is 9.78 Å². The molecular formula is C12H10Cl2N6O2S. The van der Waals surface area contributed by atoms with E-state index in [4.69, 9.17) is 28.3 Å². The van der Waals surface area contributed by atoms with Gasteiger partial charge < -0.3 is 16.6 Å². The Balaban J connectivity index is 0.00000192. The van der Waals surface area contributed by atoms with Crippen molar-refractivity contribution in [1.82, 2.24) is 26.5 Å². The molecule has 23 heavy (non-hydrogen) atoms. The van der Waals surface area contributed by atoms with Crippen molar-refractivity contribution in [2.45, 2.75) is 0 Å². The number of aromatic amines is 1. The molecule has 0 saturated heterocycles. The first-order chi connectivity index (χ1) is 10.5.